The molecule has 1 N–H and O–H groups in total. The maximum Gasteiger partial charge on any atom is 0.341 e. The van der Waals surface area contributed by atoms with Gasteiger partial charge >= 0.3 is 5.97 Å². The maximum atomic E-state index is 12.5. The fourth-order valence-corrected chi connectivity index (χ4v) is 4.11. The van der Waals surface area contributed by atoms with Crippen molar-refractivity contribution in [3.8, 4) is 23.0 Å². The third kappa shape index (κ3) is 3.37. The van der Waals surface area contributed by atoms with Crippen LogP contribution in [-0.4, -0.2) is 34.3 Å². The van der Waals surface area contributed by atoms with Gasteiger partial charge in [0.2, 0.25) is 0 Å². The van der Waals surface area contributed by atoms with E-state index in [4.69, 9.17) is 22.1 Å². The lowest BCUT2D eigenvalue weighted by molar-refractivity contribution is 0.0693. The minimum atomic E-state index is -1.26. The van der Waals surface area contributed by atoms with Crippen LogP contribution in [0.3, 0.4) is 0 Å². The van der Waals surface area contributed by atoms with E-state index in [2.05, 4.69) is 4.98 Å². The van der Waals surface area contributed by atoms with E-state index in [1.165, 1.54) is 32.2 Å². The molecular formula is C22H26N2O5S. The van der Waals surface area contributed by atoms with E-state index in [0.717, 1.165) is 5.56 Å². The molecule has 0 aromatic carbocycles. The molecule has 160 valence electrons. The number of aromatic carboxylic acids is 1. The van der Waals surface area contributed by atoms with E-state index in [-0.39, 0.29) is 11.0 Å². The number of aromatic nitrogens is 2. The van der Waals surface area contributed by atoms with Crippen LogP contribution in [0.15, 0.2) is 23.1 Å². The fraction of sp³-hybridized carbons (Fsp3) is 0.500. The van der Waals surface area contributed by atoms with Gasteiger partial charge in [-0.05, 0) is 35.8 Å². The van der Waals surface area contributed by atoms with Gasteiger partial charge in [0.15, 0.2) is 11.2 Å². The van der Waals surface area contributed by atoms with E-state index in [1.807, 2.05) is 26.8 Å². The summed E-state index contributed by atoms with van der Waals surface area (Å²) in [4.78, 5) is 28.0. The second-order valence-corrected chi connectivity index (χ2v) is 9.85. The molecule has 30 heavy (non-hydrogen) atoms. The number of carboxylic acid groups (broad SMARTS) is 1. The first kappa shape index (κ1) is 20.8. The predicted molar refractivity (Wildman–Crippen MR) is 116 cm³/mol. The molecule has 8 heteroatoms. The van der Waals surface area contributed by atoms with Crippen molar-refractivity contribution < 1.29 is 19.4 Å². The first-order chi connectivity index (χ1) is 14.0. The number of hydrogen-bond donors (Lipinski definition) is 2. The average Bonchev–Trinajstić information content (AvgIpc) is 3.48. The van der Waals surface area contributed by atoms with Crippen molar-refractivity contribution in [2.24, 2.45) is 11.3 Å². The summed E-state index contributed by atoms with van der Waals surface area (Å²) in [6.45, 7) is 6.73. The number of rotatable bonds is 5. The molecule has 2 aliphatic rings. The number of pyridine rings is 2. The molecule has 3 heterocycles. The third-order valence-corrected chi connectivity index (χ3v) is 7.00. The van der Waals surface area contributed by atoms with Crippen molar-refractivity contribution in [1.29, 1.82) is 0 Å². The molecule has 0 saturated heterocycles. The zero-order valence-corrected chi connectivity index (χ0v) is 18.5. The number of carboxylic acids is 1. The number of carbonyl (C=O) groups is 1. The number of nitrogens with zero attached hydrogens (tertiary/aromatic N) is 2. The number of hydrogen-bond acceptors (Lipinski definition) is 6. The summed E-state index contributed by atoms with van der Waals surface area (Å²) >= 11 is 5.03. The molecule has 2 aromatic rings. The van der Waals surface area contributed by atoms with Gasteiger partial charge in [0.1, 0.15) is 5.56 Å². The highest BCUT2D eigenvalue weighted by molar-refractivity contribution is 7.81. The van der Waals surface area contributed by atoms with Gasteiger partial charge in [0, 0.05) is 18.7 Å². The predicted octanol–water partition coefficient (Wildman–Crippen LogP) is 3.59. The molecule has 1 saturated carbocycles. The highest BCUT2D eigenvalue weighted by atomic mass is 32.1. The molecule has 1 atom stereocenters. The van der Waals surface area contributed by atoms with Crippen LogP contribution < -0.4 is 14.9 Å². The third-order valence-electron chi connectivity index (χ3n) is 5.96. The fourth-order valence-electron chi connectivity index (χ4n) is 3.78. The van der Waals surface area contributed by atoms with Gasteiger partial charge in [-0.2, -0.15) is 12.6 Å². The minimum absolute atomic E-state index is 0.291. The highest BCUT2D eigenvalue weighted by Crippen LogP contribution is 2.50. The Morgan fingerprint density at radius 1 is 1.37 bits per heavy atom. The summed E-state index contributed by atoms with van der Waals surface area (Å²) in [5.74, 6) is 0.238. The standard InChI is InChI=1S/C22H26N2O5S/c1-21(2,3)22(30)9-13-7-17(29-11-12-5-6-12)19(28-4)23-18(13)15-8-16(25)14(20(26)27)10-24(15)22/h7-8,10,12,30H,5-6,9,11H2,1-4H3,(H,26,27)/t22-/m0/s1. The molecule has 0 unspecified atom stereocenters. The van der Waals surface area contributed by atoms with E-state index in [0.29, 0.717) is 42.0 Å². The zero-order chi connectivity index (χ0) is 21.8. The van der Waals surface area contributed by atoms with Crippen molar-refractivity contribution in [3.63, 3.8) is 0 Å². The average molecular weight is 431 g/mol. The van der Waals surface area contributed by atoms with Crippen LogP contribution in [0.2, 0.25) is 0 Å². The smallest absolute Gasteiger partial charge is 0.341 e. The van der Waals surface area contributed by atoms with Crippen LogP contribution >= 0.6 is 12.6 Å². The topological polar surface area (TPSA) is 90.7 Å². The van der Waals surface area contributed by atoms with Gasteiger partial charge in [0.25, 0.3) is 5.88 Å². The Bertz CT molecular complexity index is 1080. The normalized spacial score (nSPS) is 20.3. The second-order valence-electron chi connectivity index (χ2n) is 9.11. The van der Waals surface area contributed by atoms with Crippen LogP contribution in [0.1, 0.15) is 49.5 Å². The van der Waals surface area contributed by atoms with Crippen molar-refractivity contribution in [3.05, 3.63) is 39.7 Å². The van der Waals surface area contributed by atoms with Gasteiger partial charge in [-0.3, -0.25) is 4.79 Å². The summed E-state index contributed by atoms with van der Waals surface area (Å²) in [5.41, 5.74) is 0.760. The van der Waals surface area contributed by atoms with Crippen LogP contribution in [0.4, 0.5) is 0 Å². The lowest BCUT2D eigenvalue weighted by atomic mass is 9.79. The Hall–Kier alpha value is -2.48. The second kappa shape index (κ2) is 7.04. The van der Waals surface area contributed by atoms with Crippen LogP contribution in [0, 0.1) is 11.3 Å². The zero-order valence-electron chi connectivity index (χ0n) is 17.6. The Morgan fingerprint density at radius 2 is 2.07 bits per heavy atom. The molecule has 4 rings (SSSR count). The monoisotopic (exact) mass is 430 g/mol. The molecule has 1 aliphatic heterocycles. The van der Waals surface area contributed by atoms with Crippen molar-refractivity contribution in [2.45, 2.75) is 44.9 Å². The van der Waals surface area contributed by atoms with Crippen molar-refractivity contribution >= 4 is 18.6 Å². The van der Waals surface area contributed by atoms with Gasteiger partial charge in [-0.15, -0.1) is 0 Å². The minimum Gasteiger partial charge on any atom is -0.488 e. The summed E-state index contributed by atoms with van der Waals surface area (Å²) in [5, 5.41) is 9.47. The molecule has 7 nitrogen and oxygen atoms in total. The van der Waals surface area contributed by atoms with Gasteiger partial charge in [-0.25, -0.2) is 9.78 Å². The van der Waals surface area contributed by atoms with E-state index in [1.54, 1.807) is 4.57 Å². The lowest BCUT2D eigenvalue weighted by Crippen LogP contribution is -2.46. The molecule has 0 radical (unpaired) electrons. The summed E-state index contributed by atoms with van der Waals surface area (Å²) < 4.78 is 13.2. The summed E-state index contributed by atoms with van der Waals surface area (Å²) in [6.07, 6.45) is 4.22. The Morgan fingerprint density at radius 3 is 2.63 bits per heavy atom. The molecular weight excluding hydrogens is 404 g/mol. The van der Waals surface area contributed by atoms with Crippen LogP contribution in [0.5, 0.6) is 11.6 Å². The number of ether oxygens (including phenoxy) is 2. The number of thiol groups is 1. The largest absolute Gasteiger partial charge is 0.488 e. The molecule has 0 bridgehead atoms. The number of fused-ring (bicyclic) bond motifs is 3. The van der Waals surface area contributed by atoms with Gasteiger partial charge in [0.05, 0.1) is 30.0 Å². The van der Waals surface area contributed by atoms with Crippen LogP contribution in [-0.2, 0) is 11.3 Å². The van der Waals surface area contributed by atoms with Crippen molar-refractivity contribution in [2.75, 3.05) is 13.7 Å². The first-order valence-corrected chi connectivity index (χ1v) is 10.4. The molecule has 0 amide bonds. The van der Waals surface area contributed by atoms with Crippen molar-refractivity contribution in [1.82, 2.24) is 9.55 Å². The quantitative estimate of drug-likeness (QED) is 0.705. The molecule has 1 aliphatic carbocycles. The molecule has 0 spiro atoms. The van der Waals surface area contributed by atoms with Gasteiger partial charge < -0.3 is 19.1 Å². The van der Waals surface area contributed by atoms with E-state index in [9.17, 15) is 14.7 Å². The molecule has 1 fully saturated rings. The summed E-state index contributed by atoms with van der Waals surface area (Å²) in [7, 11) is 1.53. The van der Waals surface area contributed by atoms with E-state index < -0.39 is 16.3 Å². The maximum absolute atomic E-state index is 12.5. The van der Waals surface area contributed by atoms with E-state index >= 15 is 0 Å². The highest BCUT2D eigenvalue weighted by Gasteiger charge is 2.45. The SMILES string of the molecule is COc1nc2c(cc1OCC1CC1)C[C@](S)(C(C)(C)C)n1cc(C(=O)O)c(=O)cc1-2. The summed E-state index contributed by atoms with van der Waals surface area (Å²) in [6, 6.07) is 3.24. The Labute approximate surface area is 180 Å². The number of methoxy groups -OCH3 is 1. The first-order valence-electron chi connectivity index (χ1n) is 9.99. The Kier molecular flexibility index (Phi) is 4.88. The van der Waals surface area contributed by atoms with Crippen LogP contribution in [0.25, 0.3) is 11.4 Å². The Balaban J connectivity index is 1.93. The molecule has 2 aromatic heterocycles. The van der Waals surface area contributed by atoms with Gasteiger partial charge in [-0.1, -0.05) is 20.8 Å². The lowest BCUT2D eigenvalue weighted by Gasteiger charge is -2.47.